The number of pyridine rings is 1. The lowest BCUT2D eigenvalue weighted by molar-refractivity contribution is 0.1000. The van der Waals surface area contributed by atoms with E-state index in [0.717, 1.165) is 17.2 Å². The fourth-order valence-corrected chi connectivity index (χ4v) is 4.56. The van der Waals surface area contributed by atoms with Gasteiger partial charge in [-0.05, 0) is 61.8 Å². The van der Waals surface area contributed by atoms with E-state index in [2.05, 4.69) is 22.7 Å². The molecule has 2 aliphatic carbocycles. The zero-order valence-corrected chi connectivity index (χ0v) is 18.0. The summed E-state index contributed by atoms with van der Waals surface area (Å²) in [5.41, 5.74) is 5.42. The number of nitrogens with two attached hydrogens (primary N) is 1. The number of carbonyl (C=O) groups excluding carboxylic acids is 1. The number of carbonyl (C=O) groups is 1. The smallest absolute Gasteiger partial charge is 0.251 e. The van der Waals surface area contributed by atoms with Gasteiger partial charge in [-0.1, -0.05) is 29.8 Å². The van der Waals surface area contributed by atoms with E-state index in [1.807, 2.05) is 36.4 Å². The first-order valence-corrected chi connectivity index (χ1v) is 10.7. The molecule has 3 aromatic rings. The summed E-state index contributed by atoms with van der Waals surface area (Å²) in [6.07, 6.45) is 7.08. The molecule has 1 unspecified atom stereocenters. The number of rotatable bonds is 4. The Hall–Kier alpha value is -2.51. The van der Waals surface area contributed by atoms with Crippen LogP contribution in [0.1, 0.15) is 36.0 Å². The summed E-state index contributed by atoms with van der Waals surface area (Å²) in [6.45, 7) is 0. The van der Waals surface area contributed by atoms with Gasteiger partial charge in [0, 0.05) is 17.2 Å². The summed E-state index contributed by atoms with van der Waals surface area (Å²) < 4.78 is 7.62. The third kappa shape index (κ3) is 4.79. The molecular formula is C22H23ClN4O2S. The Morgan fingerprint density at radius 2 is 1.93 bits per heavy atom. The number of hydrogen-bond acceptors (Lipinski definition) is 5. The van der Waals surface area contributed by atoms with Gasteiger partial charge in [-0.15, -0.1) is 17.7 Å². The van der Waals surface area contributed by atoms with E-state index in [1.54, 1.807) is 23.0 Å². The number of hydrogen-bond donors (Lipinski definition) is 2. The third-order valence-corrected chi connectivity index (χ3v) is 6.19. The van der Waals surface area contributed by atoms with Crippen LogP contribution in [0, 0.1) is 11.8 Å². The van der Waals surface area contributed by atoms with Crippen molar-refractivity contribution in [3.63, 3.8) is 0 Å². The molecule has 0 spiro atoms. The lowest BCUT2D eigenvalue weighted by Gasteiger charge is -2.21. The Morgan fingerprint density at radius 3 is 2.50 bits per heavy atom. The Labute approximate surface area is 185 Å². The van der Waals surface area contributed by atoms with E-state index >= 15 is 0 Å². The lowest BCUT2D eigenvalue weighted by Crippen LogP contribution is -2.23. The van der Waals surface area contributed by atoms with Crippen LogP contribution in [0.2, 0.25) is 5.15 Å². The summed E-state index contributed by atoms with van der Waals surface area (Å²) in [6, 6.07) is 14.8. The highest BCUT2D eigenvalue weighted by molar-refractivity contribution is 7.80. The largest absolute Gasteiger partial charge is 0.473 e. The SMILES string of the molecule is NC(=O)c1ccc(-n2ccc(OC3C[C@H]4CC[C@@H]3C4)n2)nc1Cl.Sc1ccccc1. The molecule has 0 radical (unpaired) electrons. The molecule has 0 saturated heterocycles. The number of ether oxygens (including phenoxy) is 1. The molecule has 2 N–H and O–H groups in total. The molecule has 8 heteroatoms. The maximum absolute atomic E-state index is 11.2. The molecule has 5 rings (SSSR count). The summed E-state index contributed by atoms with van der Waals surface area (Å²) in [7, 11) is 0. The van der Waals surface area contributed by atoms with Crippen LogP contribution in [-0.4, -0.2) is 26.8 Å². The van der Waals surface area contributed by atoms with Crippen LogP contribution >= 0.6 is 24.2 Å². The standard InChI is InChI=1S/C16H17ClN4O2.C6H6S/c17-15-11(16(18)22)3-4-13(19-15)21-6-5-14(20-21)23-12-8-9-1-2-10(12)7-9;7-6-4-2-1-3-5-6/h3-6,9-10,12H,1-2,7-8H2,(H2,18,22);1-5,7H/t9-,10+,12?;/m0./s1. The molecule has 1 aromatic carbocycles. The highest BCUT2D eigenvalue weighted by atomic mass is 35.5. The van der Waals surface area contributed by atoms with Gasteiger partial charge in [0.25, 0.3) is 5.91 Å². The van der Waals surface area contributed by atoms with Gasteiger partial charge < -0.3 is 10.5 Å². The van der Waals surface area contributed by atoms with Crippen molar-refractivity contribution in [3.8, 4) is 11.7 Å². The predicted molar refractivity (Wildman–Crippen MR) is 118 cm³/mol. The average molecular weight is 443 g/mol. The molecule has 2 aliphatic rings. The Kier molecular flexibility index (Phi) is 6.29. The molecular weight excluding hydrogens is 420 g/mol. The molecule has 6 nitrogen and oxygen atoms in total. The van der Waals surface area contributed by atoms with Crippen LogP contribution in [0.4, 0.5) is 0 Å². The first-order chi connectivity index (χ1) is 14.5. The van der Waals surface area contributed by atoms with E-state index in [4.69, 9.17) is 22.1 Å². The molecule has 2 saturated carbocycles. The molecule has 2 bridgehead atoms. The number of thiol groups is 1. The van der Waals surface area contributed by atoms with Crippen molar-refractivity contribution in [3.05, 3.63) is 65.4 Å². The van der Waals surface area contributed by atoms with Gasteiger partial charge >= 0.3 is 0 Å². The molecule has 2 heterocycles. The number of benzene rings is 1. The predicted octanol–water partition coefficient (Wildman–Crippen LogP) is 4.56. The number of amides is 1. The summed E-state index contributed by atoms with van der Waals surface area (Å²) in [5, 5.41) is 4.47. The second kappa shape index (κ2) is 9.10. The van der Waals surface area contributed by atoms with Gasteiger partial charge in [-0.3, -0.25) is 4.79 Å². The Morgan fingerprint density at radius 1 is 1.13 bits per heavy atom. The molecule has 30 heavy (non-hydrogen) atoms. The van der Waals surface area contributed by atoms with E-state index in [1.165, 1.54) is 19.3 Å². The van der Waals surface area contributed by atoms with Crippen molar-refractivity contribution in [2.24, 2.45) is 17.6 Å². The zero-order chi connectivity index (χ0) is 21.1. The number of fused-ring (bicyclic) bond motifs is 2. The van der Waals surface area contributed by atoms with Crippen molar-refractivity contribution in [2.75, 3.05) is 0 Å². The first kappa shape index (κ1) is 20.8. The van der Waals surface area contributed by atoms with Crippen LogP contribution < -0.4 is 10.5 Å². The lowest BCUT2D eigenvalue weighted by atomic mass is 9.98. The molecule has 2 fully saturated rings. The Balaban J connectivity index is 0.000000265. The van der Waals surface area contributed by atoms with Crippen LogP contribution in [0.25, 0.3) is 5.82 Å². The highest BCUT2D eigenvalue weighted by Crippen LogP contribution is 2.45. The molecule has 2 aromatic heterocycles. The maximum atomic E-state index is 11.2. The number of primary amides is 1. The summed E-state index contributed by atoms with van der Waals surface area (Å²) in [4.78, 5) is 16.4. The van der Waals surface area contributed by atoms with Gasteiger partial charge in [0.2, 0.25) is 5.88 Å². The van der Waals surface area contributed by atoms with Crippen LogP contribution in [0.3, 0.4) is 0 Å². The van der Waals surface area contributed by atoms with Crippen molar-refractivity contribution in [1.82, 2.24) is 14.8 Å². The second-order valence-electron chi connectivity index (χ2n) is 7.64. The minimum atomic E-state index is -0.602. The maximum Gasteiger partial charge on any atom is 0.251 e. The average Bonchev–Trinajstić information content (AvgIpc) is 3.46. The monoisotopic (exact) mass is 442 g/mol. The minimum Gasteiger partial charge on any atom is -0.473 e. The van der Waals surface area contributed by atoms with Crippen molar-refractivity contribution in [2.45, 2.75) is 36.7 Å². The van der Waals surface area contributed by atoms with E-state index in [0.29, 0.717) is 17.6 Å². The van der Waals surface area contributed by atoms with Crippen LogP contribution in [0.15, 0.2) is 59.6 Å². The van der Waals surface area contributed by atoms with E-state index < -0.39 is 5.91 Å². The number of halogens is 1. The van der Waals surface area contributed by atoms with Gasteiger partial charge in [0.15, 0.2) is 5.82 Å². The highest BCUT2D eigenvalue weighted by Gasteiger charge is 2.41. The quantitative estimate of drug-likeness (QED) is 0.458. The number of aromatic nitrogens is 3. The van der Waals surface area contributed by atoms with Gasteiger partial charge in [0.1, 0.15) is 11.3 Å². The van der Waals surface area contributed by atoms with E-state index in [9.17, 15) is 4.79 Å². The van der Waals surface area contributed by atoms with Crippen molar-refractivity contribution in [1.29, 1.82) is 0 Å². The summed E-state index contributed by atoms with van der Waals surface area (Å²) in [5.74, 6) is 2.01. The fourth-order valence-electron chi connectivity index (χ4n) is 4.15. The summed E-state index contributed by atoms with van der Waals surface area (Å²) >= 11 is 10.1. The third-order valence-electron chi connectivity index (χ3n) is 5.60. The second-order valence-corrected chi connectivity index (χ2v) is 8.51. The van der Waals surface area contributed by atoms with Crippen molar-refractivity contribution >= 4 is 30.1 Å². The normalized spacial score (nSPS) is 21.7. The zero-order valence-electron chi connectivity index (χ0n) is 16.3. The van der Waals surface area contributed by atoms with Gasteiger partial charge in [-0.25, -0.2) is 9.67 Å². The molecule has 3 atom stereocenters. The fraction of sp³-hybridized carbons (Fsp3) is 0.318. The van der Waals surface area contributed by atoms with Gasteiger partial charge in [-0.2, -0.15) is 0 Å². The molecule has 0 aliphatic heterocycles. The van der Waals surface area contributed by atoms with Crippen LogP contribution in [-0.2, 0) is 0 Å². The molecule has 156 valence electrons. The molecule has 1 amide bonds. The van der Waals surface area contributed by atoms with Gasteiger partial charge in [0.05, 0.1) is 5.56 Å². The van der Waals surface area contributed by atoms with Crippen molar-refractivity contribution < 1.29 is 9.53 Å². The minimum absolute atomic E-state index is 0.0704. The first-order valence-electron chi connectivity index (χ1n) is 9.92. The topological polar surface area (TPSA) is 83.0 Å². The van der Waals surface area contributed by atoms with E-state index in [-0.39, 0.29) is 16.8 Å². The number of nitrogens with zero attached hydrogens (tertiary/aromatic N) is 3. The Bertz CT molecular complexity index is 1030. The van der Waals surface area contributed by atoms with Crippen LogP contribution in [0.5, 0.6) is 5.88 Å².